The first-order chi connectivity index (χ1) is 8.74. The standard InChI is InChI=1S/C14H13ClN2O/c15-13-11-7-2-1-4-9(11)8-12(17-13)14(18)16-10-5-3-6-10/h1-2,4,7-8,10H,3,5-6H2,(H,16,18). The number of aromatic nitrogens is 1. The van der Waals surface area contributed by atoms with Crippen LogP contribution >= 0.6 is 11.6 Å². The Balaban J connectivity index is 1.94. The molecular weight excluding hydrogens is 248 g/mol. The Morgan fingerprint density at radius 2 is 2.11 bits per heavy atom. The van der Waals surface area contributed by atoms with Gasteiger partial charge in [-0.05, 0) is 30.7 Å². The van der Waals surface area contributed by atoms with Crippen LogP contribution in [0.3, 0.4) is 0 Å². The van der Waals surface area contributed by atoms with E-state index in [1.54, 1.807) is 6.07 Å². The number of hydrogen-bond donors (Lipinski definition) is 1. The summed E-state index contributed by atoms with van der Waals surface area (Å²) in [6, 6.07) is 9.76. The quantitative estimate of drug-likeness (QED) is 0.843. The molecule has 1 heterocycles. The van der Waals surface area contributed by atoms with Crippen LogP contribution in [0.2, 0.25) is 5.15 Å². The average Bonchev–Trinajstić information content (AvgIpc) is 2.33. The van der Waals surface area contributed by atoms with Gasteiger partial charge in [0.15, 0.2) is 0 Å². The van der Waals surface area contributed by atoms with Gasteiger partial charge in [0, 0.05) is 11.4 Å². The summed E-state index contributed by atoms with van der Waals surface area (Å²) in [7, 11) is 0. The van der Waals surface area contributed by atoms with Crippen LogP contribution in [0.15, 0.2) is 30.3 Å². The number of amides is 1. The van der Waals surface area contributed by atoms with E-state index in [9.17, 15) is 4.79 Å². The Hall–Kier alpha value is -1.61. The first kappa shape index (κ1) is 11.5. The van der Waals surface area contributed by atoms with Crippen molar-refractivity contribution in [3.05, 3.63) is 41.2 Å². The lowest BCUT2D eigenvalue weighted by Crippen LogP contribution is -2.39. The van der Waals surface area contributed by atoms with Gasteiger partial charge in [0.05, 0.1) is 0 Å². The lowest BCUT2D eigenvalue weighted by atomic mass is 9.93. The Morgan fingerprint density at radius 3 is 2.83 bits per heavy atom. The number of fused-ring (bicyclic) bond motifs is 1. The van der Waals surface area contributed by atoms with Crippen molar-refractivity contribution in [2.45, 2.75) is 25.3 Å². The van der Waals surface area contributed by atoms with Crippen molar-refractivity contribution < 1.29 is 4.79 Å². The molecule has 1 aliphatic rings. The Bertz CT molecular complexity index is 608. The number of nitrogens with zero attached hydrogens (tertiary/aromatic N) is 1. The Morgan fingerprint density at radius 1 is 1.33 bits per heavy atom. The summed E-state index contributed by atoms with van der Waals surface area (Å²) in [5.74, 6) is -0.132. The van der Waals surface area contributed by atoms with Crippen molar-refractivity contribution >= 4 is 28.3 Å². The maximum Gasteiger partial charge on any atom is 0.270 e. The summed E-state index contributed by atoms with van der Waals surface area (Å²) in [6.07, 6.45) is 3.32. The molecule has 2 aromatic rings. The molecular formula is C14H13ClN2O. The molecule has 92 valence electrons. The summed E-state index contributed by atoms with van der Waals surface area (Å²) < 4.78 is 0. The van der Waals surface area contributed by atoms with Crippen molar-refractivity contribution in [3.63, 3.8) is 0 Å². The molecule has 4 heteroatoms. The number of rotatable bonds is 2. The number of carbonyl (C=O) groups is 1. The second-order valence-electron chi connectivity index (χ2n) is 4.62. The normalized spacial score (nSPS) is 15.4. The minimum atomic E-state index is -0.132. The fourth-order valence-electron chi connectivity index (χ4n) is 2.08. The molecule has 1 N–H and O–H groups in total. The number of benzene rings is 1. The number of hydrogen-bond acceptors (Lipinski definition) is 2. The molecule has 0 radical (unpaired) electrons. The zero-order valence-corrected chi connectivity index (χ0v) is 10.6. The summed E-state index contributed by atoms with van der Waals surface area (Å²) in [5.41, 5.74) is 0.394. The third-order valence-corrected chi connectivity index (χ3v) is 3.66. The predicted octanol–water partition coefficient (Wildman–Crippen LogP) is 3.17. The molecule has 1 fully saturated rings. The highest BCUT2D eigenvalue weighted by molar-refractivity contribution is 6.34. The van der Waals surface area contributed by atoms with Gasteiger partial charge in [-0.25, -0.2) is 4.98 Å². The number of nitrogens with one attached hydrogen (secondary N) is 1. The highest BCUT2D eigenvalue weighted by Gasteiger charge is 2.21. The smallest absolute Gasteiger partial charge is 0.270 e. The molecule has 0 unspecified atom stereocenters. The van der Waals surface area contributed by atoms with E-state index in [1.165, 1.54) is 6.42 Å². The molecule has 18 heavy (non-hydrogen) atoms. The zero-order chi connectivity index (χ0) is 12.5. The second kappa shape index (κ2) is 4.58. The topological polar surface area (TPSA) is 42.0 Å². The summed E-state index contributed by atoms with van der Waals surface area (Å²) >= 11 is 6.10. The first-order valence-electron chi connectivity index (χ1n) is 6.10. The number of pyridine rings is 1. The van der Waals surface area contributed by atoms with Crippen LogP contribution in [0, 0.1) is 0 Å². The van der Waals surface area contributed by atoms with Crippen LogP contribution in [-0.2, 0) is 0 Å². The van der Waals surface area contributed by atoms with E-state index in [-0.39, 0.29) is 5.91 Å². The van der Waals surface area contributed by atoms with Crippen molar-refractivity contribution in [1.82, 2.24) is 10.3 Å². The maximum atomic E-state index is 12.0. The van der Waals surface area contributed by atoms with E-state index in [2.05, 4.69) is 10.3 Å². The summed E-state index contributed by atoms with van der Waals surface area (Å²) in [4.78, 5) is 16.2. The molecule has 1 aromatic heterocycles. The molecule has 1 aromatic carbocycles. The minimum Gasteiger partial charge on any atom is -0.348 e. The molecule has 0 aliphatic heterocycles. The highest BCUT2D eigenvalue weighted by Crippen LogP contribution is 2.23. The highest BCUT2D eigenvalue weighted by atomic mass is 35.5. The van der Waals surface area contributed by atoms with Gasteiger partial charge in [0.1, 0.15) is 10.8 Å². The predicted molar refractivity (Wildman–Crippen MR) is 71.9 cm³/mol. The lowest BCUT2D eigenvalue weighted by Gasteiger charge is -2.26. The Labute approximate surface area is 110 Å². The molecule has 0 saturated heterocycles. The van der Waals surface area contributed by atoms with Crippen molar-refractivity contribution in [2.75, 3.05) is 0 Å². The van der Waals surface area contributed by atoms with Crippen molar-refractivity contribution in [2.24, 2.45) is 0 Å². The van der Waals surface area contributed by atoms with Gasteiger partial charge < -0.3 is 5.32 Å². The number of carbonyl (C=O) groups excluding carboxylic acids is 1. The molecule has 0 atom stereocenters. The van der Waals surface area contributed by atoms with Crippen LogP contribution in [0.1, 0.15) is 29.8 Å². The fraction of sp³-hybridized carbons (Fsp3) is 0.286. The molecule has 3 nitrogen and oxygen atoms in total. The number of halogens is 1. The molecule has 1 amide bonds. The fourth-order valence-corrected chi connectivity index (χ4v) is 2.35. The van der Waals surface area contributed by atoms with Gasteiger partial charge in [-0.1, -0.05) is 35.9 Å². The van der Waals surface area contributed by atoms with Crippen LogP contribution in [0.4, 0.5) is 0 Å². The van der Waals surface area contributed by atoms with E-state index in [0.717, 1.165) is 23.6 Å². The largest absolute Gasteiger partial charge is 0.348 e. The summed E-state index contributed by atoms with van der Waals surface area (Å²) in [5, 5.41) is 5.16. The first-order valence-corrected chi connectivity index (χ1v) is 6.48. The average molecular weight is 261 g/mol. The van der Waals surface area contributed by atoms with E-state index < -0.39 is 0 Å². The van der Waals surface area contributed by atoms with Gasteiger partial charge in [-0.15, -0.1) is 0 Å². The van der Waals surface area contributed by atoms with E-state index in [0.29, 0.717) is 16.9 Å². The van der Waals surface area contributed by atoms with Gasteiger partial charge in [0.2, 0.25) is 0 Å². The zero-order valence-electron chi connectivity index (χ0n) is 9.82. The SMILES string of the molecule is O=C(NC1CCC1)c1cc2ccccc2c(Cl)n1. The molecule has 1 aliphatic carbocycles. The van der Waals surface area contributed by atoms with E-state index in [1.807, 2.05) is 24.3 Å². The van der Waals surface area contributed by atoms with Crippen LogP contribution < -0.4 is 5.32 Å². The maximum absolute atomic E-state index is 12.0. The van der Waals surface area contributed by atoms with Gasteiger partial charge in [-0.2, -0.15) is 0 Å². The third kappa shape index (κ3) is 2.06. The van der Waals surface area contributed by atoms with Crippen LogP contribution in [0.5, 0.6) is 0 Å². The van der Waals surface area contributed by atoms with E-state index >= 15 is 0 Å². The molecule has 0 spiro atoms. The van der Waals surface area contributed by atoms with Gasteiger partial charge >= 0.3 is 0 Å². The second-order valence-corrected chi connectivity index (χ2v) is 4.98. The monoisotopic (exact) mass is 260 g/mol. The van der Waals surface area contributed by atoms with Gasteiger partial charge in [0.25, 0.3) is 5.91 Å². The lowest BCUT2D eigenvalue weighted by molar-refractivity contribution is 0.0912. The van der Waals surface area contributed by atoms with Crippen molar-refractivity contribution in [1.29, 1.82) is 0 Å². The van der Waals surface area contributed by atoms with Gasteiger partial charge in [-0.3, -0.25) is 4.79 Å². The van der Waals surface area contributed by atoms with Crippen molar-refractivity contribution in [3.8, 4) is 0 Å². The van der Waals surface area contributed by atoms with Crippen LogP contribution in [-0.4, -0.2) is 16.9 Å². The van der Waals surface area contributed by atoms with E-state index in [4.69, 9.17) is 11.6 Å². The minimum absolute atomic E-state index is 0.132. The summed E-state index contributed by atoms with van der Waals surface area (Å²) in [6.45, 7) is 0. The molecule has 1 saturated carbocycles. The third-order valence-electron chi connectivity index (χ3n) is 3.37. The van der Waals surface area contributed by atoms with Crippen LogP contribution in [0.25, 0.3) is 10.8 Å². The Kier molecular flexibility index (Phi) is 2.92. The molecule has 3 rings (SSSR count). The molecule has 0 bridgehead atoms.